The van der Waals surface area contributed by atoms with Gasteiger partial charge in [0.25, 0.3) is 5.56 Å². The van der Waals surface area contributed by atoms with Gasteiger partial charge in [-0.2, -0.15) is 0 Å². The number of amides is 1. The lowest BCUT2D eigenvalue weighted by atomic mass is 10.1. The molecule has 1 N–H and O–H groups in total. The number of aryl methyl sites for hydroxylation is 2. The number of carbonyl (C=O) groups excluding carboxylic acids is 1. The summed E-state index contributed by atoms with van der Waals surface area (Å²) in [6, 6.07) is 21.0. The van der Waals surface area contributed by atoms with Gasteiger partial charge in [0.2, 0.25) is 11.7 Å². The average molecular weight is 500 g/mol. The van der Waals surface area contributed by atoms with Gasteiger partial charge >= 0.3 is 0 Å². The largest absolute Gasteiger partial charge is 0.495 e. The Balaban J connectivity index is 1.48. The molecule has 0 saturated heterocycles. The van der Waals surface area contributed by atoms with Crippen LogP contribution in [0.15, 0.2) is 76.7 Å². The minimum atomic E-state index is -0.196. The van der Waals surface area contributed by atoms with Crippen molar-refractivity contribution in [2.24, 2.45) is 0 Å². The average Bonchev–Trinajstić information content (AvgIpc) is 3.31. The highest BCUT2D eigenvalue weighted by Crippen LogP contribution is 2.26. The minimum absolute atomic E-state index is 0.114. The topological polar surface area (TPSA) is 90.5 Å². The Morgan fingerprint density at radius 2 is 1.75 bits per heavy atom. The first-order chi connectivity index (χ1) is 17.4. The predicted molar refractivity (Wildman–Crippen MR) is 142 cm³/mol. The Morgan fingerprint density at radius 1 is 1.00 bits per heavy atom. The number of methoxy groups -OCH3 is 1. The number of hydrogen-bond acceptors (Lipinski definition) is 6. The fourth-order valence-electron chi connectivity index (χ4n) is 4.08. The van der Waals surface area contributed by atoms with Gasteiger partial charge in [0.05, 0.1) is 36.0 Å². The lowest BCUT2D eigenvalue weighted by Crippen LogP contribution is -2.24. The quantitative estimate of drug-likeness (QED) is 0.333. The second-order valence-corrected chi connectivity index (χ2v) is 9.50. The molecule has 0 aliphatic heterocycles. The molecule has 0 bridgehead atoms. The maximum absolute atomic E-state index is 13.4. The molecule has 5 aromatic rings. The lowest BCUT2D eigenvalue weighted by Gasteiger charge is -2.12. The van der Waals surface area contributed by atoms with Crippen molar-refractivity contribution in [1.82, 2.24) is 19.2 Å². The van der Waals surface area contributed by atoms with Crippen LogP contribution in [0.25, 0.3) is 16.7 Å². The zero-order chi connectivity index (χ0) is 25.2. The molecule has 0 aliphatic carbocycles. The van der Waals surface area contributed by atoms with Crippen LogP contribution in [-0.2, 0) is 11.3 Å². The molecule has 8 nitrogen and oxygen atoms in total. The van der Waals surface area contributed by atoms with Crippen molar-refractivity contribution in [3.05, 3.63) is 93.8 Å². The van der Waals surface area contributed by atoms with Gasteiger partial charge in [-0.3, -0.25) is 18.6 Å². The number of fused-ring (bicyclic) bond motifs is 3. The molecule has 0 saturated carbocycles. The molecule has 1 amide bonds. The van der Waals surface area contributed by atoms with Crippen molar-refractivity contribution in [1.29, 1.82) is 0 Å². The Kier molecular flexibility index (Phi) is 6.47. The summed E-state index contributed by atoms with van der Waals surface area (Å²) in [5.41, 5.74) is 4.34. The maximum Gasteiger partial charge on any atom is 0.263 e. The summed E-state index contributed by atoms with van der Waals surface area (Å²) in [6.45, 7) is 4.34. The summed E-state index contributed by atoms with van der Waals surface area (Å²) >= 11 is 1.26. The number of para-hydroxylation sites is 1. The number of rotatable bonds is 7. The first-order valence-corrected chi connectivity index (χ1v) is 12.4. The number of hydrogen-bond donors (Lipinski definition) is 1. The van der Waals surface area contributed by atoms with Crippen LogP contribution in [0.3, 0.4) is 0 Å². The number of nitrogens with zero attached hydrogens (tertiary/aromatic N) is 4. The summed E-state index contributed by atoms with van der Waals surface area (Å²) in [6.07, 6.45) is 0. The number of carbonyl (C=O) groups is 1. The molecule has 36 heavy (non-hydrogen) atoms. The third kappa shape index (κ3) is 4.57. The van der Waals surface area contributed by atoms with E-state index < -0.39 is 0 Å². The van der Waals surface area contributed by atoms with E-state index in [1.54, 1.807) is 17.7 Å². The zero-order valence-corrected chi connectivity index (χ0v) is 21.0. The van der Waals surface area contributed by atoms with Crippen LogP contribution in [0.1, 0.15) is 16.7 Å². The molecule has 182 valence electrons. The van der Waals surface area contributed by atoms with Crippen LogP contribution in [0.5, 0.6) is 5.75 Å². The third-order valence-corrected chi connectivity index (χ3v) is 6.83. The first-order valence-electron chi connectivity index (χ1n) is 11.4. The molecule has 0 spiro atoms. The van der Waals surface area contributed by atoms with Crippen LogP contribution in [0, 0.1) is 13.8 Å². The van der Waals surface area contributed by atoms with Gasteiger partial charge in [-0.15, -0.1) is 10.2 Å². The van der Waals surface area contributed by atoms with E-state index in [1.807, 2.05) is 78.9 Å². The van der Waals surface area contributed by atoms with Gasteiger partial charge < -0.3 is 10.1 Å². The van der Waals surface area contributed by atoms with Crippen LogP contribution < -0.4 is 15.6 Å². The molecule has 2 heterocycles. The van der Waals surface area contributed by atoms with Gasteiger partial charge in [0, 0.05) is 0 Å². The van der Waals surface area contributed by atoms with Crippen molar-refractivity contribution < 1.29 is 9.53 Å². The number of benzene rings is 3. The fourth-order valence-corrected chi connectivity index (χ4v) is 4.82. The smallest absolute Gasteiger partial charge is 0.263 e. The summed E-state index contributed by atoms with van der Waals surface area (Å²) in [7, 11) is 1.57. The van der Waals surface area contributed by atoms with E-state index in [1.165, 1.54) is 11.8 Å². The molecule has 3 aromatic carbocycles. The highest BCUT2D eigenvalue weighted by atomic mass is 32.2. The number of anilines is 1. The van der Waals surface area contributed by atoms with E-state index in [0.29, 0.717) is 39.8 Å². The van der Waals surface area contributed by atoms with Gasteiger partial charge in [-0.25, -0.2) is 0 Å². The van der Waals surface area contributed by atoms with Gasteiger partial charge in [0.15, 0.2) is 5.16 Å². The second kappa shape index (κ2) is 9.87. The van der Waals surface area contributed by atoms with E-state index in [-0.39, 0.29) is 17.2 Å². The normalized spacial score (nSPS) is 11.2. The molecule has 9 heteroatoms. The number of aromatic nitrogens is 4. The zero-order valence-electron chi connectivity index (χ0n) is 20.2. The number of thioether (sulfide) groups is 1. The van der Waals surface area contributed by atoms with E-state index in [9.17, 15) is 9.59 Å². The molecule has 0 atom stereocenters. The fraction of sp³-hybridized carbons (Fsp3) is 0.185. The SMILES string of the molecule is COc1ccc(C)cc1NC(=O)CSc1nnc2n(Cc3ccc(C)cc3)c(=O)c3ccccc3n12. The Bertz CT molecular complexity index is 1640. The van der Waals surface area contributed by atoms with Crippen molar-refractivity contribution in [2.45, 2.75) is 25.5 Å². The van der Waals surface area contributed by atoms with Gasteiger partial charge in [0.1, 0.15) is 5.75 Å². The molecular weight excluding hydrogens is 474 g/mol. The summed E-state index contributed by atoms with van der Waals surface area (Å²) in [5, 5.41) is 12.7. The Labute approximate surface area is 211 Å². The molecule has 0 aliphatic rings. The highest BCUT2D eigenvalue weighted by Gasteiger charge is 2.18. The summed E-state index contributed by atoms with van der Waals surface area (Å²) < 4.78 is 8.83. The molecule has 0 radical (unpaired) electrons. The minimum Gasteiger partial charge on any atom is -0.495 e. The number of nitrogens with one attached hydrogen (secondary N) is 1. The van der Waals surface area contributed by atoms with E-state index in [0.717, 1.165) is 16.7 Å². The summed E-state index contributed by atoms with van der Waals surface area (Å²) in [4.78, 5) is 26.2. The molecule has 0 unspecified atom stereocenters. The molecule has 0 fully saturated rings. The van der Waals surface area contributed by atoms with Crippen molar-refractivity contribution in [3.63, 3.8) is 0 Å². The Hall–Kier alpha value is -4.11. The monoisotopic (exact) mass is 499 g/mol. The Morgan fingerprint density at radius 3 is 2.53 bits per heavy atom. The first kappa shape index (κ1) is 23.6. The van der Waals surface area contributed by atoms with Gasteiger partial charge in [-0.05, 0) is 49.2 Å². The van der Waals surface area contributed by atoms with Crippen molar-refractivity contribution >= 4 is 40.0 Å². The van der Waals surface area contributed by atoms with Crippen LogP contribution in [0.4, 0.5) is 5.69 Å². The van der Waals surface area contributed by atoms with E-state index >= 15 is 0 Å². The van der Waals surface area contributed by atoms with Gasteiger partial charge in [-0.1, -0.05) is 59.8 Å². The number of ether oxygens (including phenoxy) is 1. The molecule has 2 aromatic heterocycles. The third-order valence-electron chi connectivity index (χ3n) is 5.90. The highest BCUT2D eigenvalue weighted by molar-refractivity contribution is 7.99. The van der Waals surface area contributed by atoms with Crippen molar-refractivity contribution in [3.8, 4) is 5.75 Å². The standard InChI is InChI=1S/C27H25N5O3S/c1-17-8-11-19(12-9-17)15-31-25(34)20-6-4-5-7-22(20)32-26(31)29-30-27(32)36-16-24(33)28-21-14-18(2)10-13-23(21)35-3/h4-14H,15-16H2,1-3H3,(H,28,33). The maximum atomic E-state index is 13.4. The summed E-state index contributed by atoms with van der Waals surface area (Å²) in [5.74, 6) is 0.946. The second-order valence-electron chi connectivity index (χ2n) is 8.55. The molecular formula is C27H25N5O3S. The van der Waals surface area contributed by atoms with Crippen LogP contribution in [0.2, 0.25) is 0 Å². The van der Waals surface area contributed by atoms with E-state index in [4.69, 9.17) is 4.74 Å². The van der Waals surface area contributed by atoms with Crippen LogP contribution >= 0.6 is 11.8 Å². The van der Waals surface area contributed by atoms with Crippen molar-refractivity contribution in [2.75, 3.05) is 18.2 Å². The van der Waals surface area contributed by atoms with Crippen LogP contribution in [-0.4, -0.2) is 37.9 Å². The molecule has 5 rings (SSSR count). The van der Waals surface area contributed by atoms with E-state index in [2.05, 4.69) is 15.5 Å². The predicted octanol–water partition coefficient (Wildman–Crippen LogP) is 4.45. The lowest BCUT2D eigenvalue weighted by molar-refractivity contribution is -0.113.